The van der Waals surface area contributed by atoms with Crippen LogP contribution in [0.2, 0.25) is 0 Å². The van der Waals surface area contributed by atoms with E-state index < -0.39 is 0 Å². The summed E-state index contributed by atoms with van der Waals surface area (Å²) in [6, 6.07) is 14.3. The molecule has 1 aliphatic carbocycles. The number of rotatable bonds is 5. The van der Waals surface area contributed by atoms with E-state index in [1.54, 1.807) is 16.8 Å². The summed E-state index contributed by atoms with van der Waals surface area (Å²) in [5.41, 5.74) is 4.47. The van der Waals surface area contributed by atoms with Crippen molar-refractivity contribution in [2.24, 2.45) is 0 Å². The highest BCUT2D eigenvalue weighted by Gasteiger charge is 2.28. The second-order valence-electron chi connectivity index (χ2n) is 10.9. The molecule has 0 spiro atoms. The number of halogens is 2. The highest BCUT2D eigenvalue weighted by Crippen LogP contribution is 2.39. The van der Waals surface area contributed by atoms with E-state index in [2.05, 4.69) is 32.7 Å². The second-order valence-corrected chi connectivity index (χ2v) is 11.8. The minimum Gasteiger partial charge on any atom is -0.393 e. The molecule has 2 aliphatic rings. The first-order chi connectivity index (χ1) is 18.9. The van der Waals surface area contributed by atoms with Crippen molar-refractivity contribution in [3.8, 4) is 11.1 Å². The van der Waals surface area contributed by atoms with E-state index in [1.807, 2.05) is 25.1 Å². The molecule has 204 valence electrons. The Morgan fingerprint density at radius 1 is 1.03 bits per heavy atom. The fourth-order valence-electron chi connectivity index (χ4n) is 6.10. The van der Waals surface area contributed by atoms with Crippen LogP contribution >= 0.6 is 15.9 Å². The van der Waals surface area contributed by atoms with Gasteiger partial charge >= 0.3 is 0 Å². The van der Waals surface area contributed by atoms with Gasteiger partial charge < -0.3 is 14.4 Å². The van der Waals surface area contributed by atoms with Gasteiger partial charge in [0.1, 0.15) is 5.82 Å². The van der Waals surface area contributed by atoms with E-state index in [0.717, 1.165) is 84.8 Å². The summed E-state index contributed by atoms with van der Waals surface area (Å²) in [6.45, 7) is 2.64. The number of hydrogen-bond donors (Lipinski definition) is 1. The van der Waals surface area contributed by atoms with Crippen molar-refractivity contribution in [3.63, 3.8) is 0 Å². The number of aliphatic hydroxyl groups excluding tert-OH is 1. The summed E-state index contributed by atoms with van der Waals surface area (Å²) in [6.07, 6.45) is 8.03. The number of aromatic nitrogens is 3. The fourth-order valence-corrected chi connectivity index (χ4v) is 6.58. The summed E-state index contributed by atoms with van der Waals surface area (Å²) >= 11 is 3.34. The van der Waals surface area contributed by atoms with Gasteiger partial charge in [-0.25, -0.2) is 9.07 Å². The largest absolute Gasteiger partial charge is 0.393 e. The Labute approximate surface area is 235 Å². The lowest BCUT2D eigenvalue weighted by Gasteiger charge is -2.25. The lowest BCUT2D eigenvalue weighted by molar-refractivity contribution is -0.0370. The van der Waals surface area contributed by atoms with Crippen molar-refractivity contribution in [2.75, 3.05) is 6.61 Å². The number of ether oxygens (including phenoxy) is 1. The Morgan fingerprint density at radius 3 is 2.54 bits per heavy atom. The van der Waals surface area contributed by atoms with Crippen LogP contribution in [0, 0.1) is 5.82 Å². The topological polar surface area (TPSA) is 69.3 Å². The fraction of sp³-hybridized carbons (Fsp3) is 0.419. The molecule has 0 bridgehead atoms. The SMILES string of the molecule is CC(c1cc(F)cc(Br)c1)n1ccc(-c2ccc3c(c2)c(C2CCC(O)CC2)nn3C2CCCCO2)cc1=O. The van der Waals surface area contributed by atoms with Crippen LogP contribution in [0.15, 0.2) is 64.0 Å². The number of pyridine rings is 1. The maximum Gasteiger partial charge on any atom is 0.251 e. The van der Waals surface area contributed by atoms with E-state index in [-0.39, 0.29) is 35.7 Å². The van der Waals surface area contributed by atoms with Crippen molar-refractivity contribution in [1.82, 2.24) is 14.3 Å². The van der Waals surface area contributed by atoms with Gasteiger partial charge in [0.25, 0.3) is 5.56 Å². The Kier molecular flexibility index (Phi) is 7.44. The van der Waals surface area contributed by atoms with Crippen LogP contribution in [0.1, 0.15) is 81.3 Å². The molecular weight excluding hydrogens is 561 g/mol. The van der Waals surface area contributed by atoms with Crippen LogP contribution in [0.5, 0.6) is 0 Å². The Morgan fingerprint density at radius 2 is 1.82 bits per heavy atom. The van der Waals surface area contributed by atoms with E-state index >= 15 is 0 Å². The molecule has 2 aromatic heterocycles. The van der Waals surface area contributed by atoms with Crippen molar-refractivity contribution in [3.05, 3.63) is 86.6 Å². The van der Waals surface area contributed by atoms with Gasteiger partial charge in [-0.2, -0.15) is 5.10 Å². The molecule has 2 atom stereocenters. The van der Waals surface area contributed by atoms with Crippen LogP contribution in [0.4, 0.5) is 4.39 Å². The monoisotopic (exact) mass is 593 g/mol. The second kappa shape index (κ2) is 11.0. The Hall–Kier alpha value is -2.81. The molecule has 6 rings (SSSR count). The normalized spacial score (nSPS) is 22.7. The molecule has 8 heteroatoms. The molecule has 2 aromatic carbocycles. The van der Waals surface area contributed by atoms with Gasteiger partial charge in [-0.05, 0) is 105 Å². The van der Waals surface area contributed by atoms with Crippen LogP contribution in [0.25, 0.3) is 22.0 Å². The van der Waals surface area contributed by atoms with Gasteiger partial charge in [0.15, 0.2) is 6.23 Å². The molecule has 0 amide bonds. The average molecular weight is 595 g/mol. The lowest BCUT2D eigenvalue weighted by Crippen LogP contribution is -2.22. The summed E-state index contributed by atoms with van der Waals surface area (Å²) in [7, 11) is 0. The summed E-state index contributed by atoms with van der Waals surface area (Å²) in [5, 5.41) is 16.3. The first kappa shape index (κ1) is 26.4. The maximum absolute atomic E-state index is 14.0. The van der Waals surface area contributed by atoms with E-state index in [4.69, 9.17) is 9.84 Å². The van der Waals surface area contributed by atoms with Crippen molar-refractivity contribution >= 4 is 26.8 Å². The molecule has 1 aliphatic heterocycles. The van der Waals surface area contributed by atoms with Crippen molar-refractivity contribution < 1.29 is 14.2 Å². The first-order valence-corrected chi connectivity index (χ1v) is 14.7. The van der Waals surface area contributed by atoms with Crippen LogP contribution in [-0.2, 0) is 4.74 Å². The van der Waals surface area contributed by atoms with Crippen LogP contribution < -0.4 is 5.56 Å². The van der Waals surface area contributed by atoms with Gasteiger partial charge in [0.2, 0.25) is 0 Å². The minimum absolute atomic E-state index is 0.0664. The Bertz CT molecular complexity index is 1530. The molecule has 1 N–H and O–H groups in total. The predicted molar refractivity (Wildman–Crippen MR) is 153 cm³/mol. The standard InChI is InChI=1S/C31H33BrFN3O3/c1-19(23-14-24(32)18-25(33)15-23)35-12-11-22(17-29(35)38)21-7-10-28-27(16-21)31(20-5-8-26(37)9-6-20)34-36(28)30-4-2-3-13-39-30/h7,10-12,14-20,26,30,37H,2-6,8-9,13H2,1H3. The van der Waals surface area contributed by atoms with E-state index in [0.29, 0.717) is 4.47 Å². The van der Waals surface area contributed by atoms with Crippen LogP contribution in [-0.4, -0.2) is 32.2 Å². The third-order valence-electron chi connectivity index (χ3n) is 8.31. The summed E-state index contributed by atoms with van der Waals surface area (Å²) < 4.78 is 24.4. The molecule has 6 nitrogen and oxygen atoms in total. The molecule has 2 fully saturated rings. The third kappa shape index (κ3) is 5.34. The molecule has 1 saturated carbocycles. The van der Waals surface area contributed by atoms with Gasteiger partial charge in [-0.3, -0.25) is 4.79 Å². The van der Waals surface area contributed by atoms with Crippen molar-refractivity contribution in [1.29, 1.82) is 0 Å². The average Bonchev–Trinajstić information content (AvgIpc) is 3.32. The smallest absolute Gasteiger partial charge is 0.251 e. The van der Waals surface area contributed by atoms with E-state index in [1.165, 1.54) is 12.1 Å². The number of benzene rings is 2. The summed E-state index contributed by atoms with van der Waals surface area (Å²) in [5.74, 6) is -0.0536. The number of hydrogen-bond acceptors (Lipinski definition) is 4. The predicted octanol–water partition coefficient (Wildman–Crippen LogP) is 7.09. The quantitative estimate of drug-likeness (QED) is 0.268. The number of nitrogens with zero attached hydrogens (tertiary/aromatic N) is 3. The lowest BCUT2D eigenvalue weighted by atomic mass is 9.84. The number of aliphatic hydroxyl groups is 1. The van der Waals surface area contributed by atoms with E-state index in [9.17, 15) is 14.3 Å². The number of fused-ring (bicyclic) bond motifs is 1. The van der Waals surface area contributed by atoms with Gasteiger partial charge in [0.05, 0.1) is 23.4 Å². The van der Waals surface area contributed by atoms with Gasteiger partial charge in [-0.1, -0.05) is 22.0 Å². The van der Waals surface area contributed by atoms with Gasteiger partial charge in [-0.15, -0.1) is 0 Å². The molecule has 1 saturated heterocycles. The molecule has 2 unspecified atom stereocenters. The zero-order valence-electron chi connectivity index (χ0n) is 22.0. The third-order valence-corrected chi connectivity index (χ3v) is 8.77. The molecule has 39 heavy (non-hydrogen) atoms. The summed E-state index contributed by atoms with van der Waals surface area (Å²) in [4.78, 5) is 13.2. The Balaban J connectivity index is 1.37. The highest BCUT2D eigenvalue weighted by atomic mass is 79.9. The van der Waals surface area contributed by atoms with Gasteiger partial charge in [0, 0.05) is 34.6 Å². The maximum atomic E-state index is 14.0. The molecular formula is C31H33BrFN3O3. The van der Waals surface area contributed by atoms with Crippen molar-refractivity contribution in [2.45, 2.75) is 76.2 Å². The molecule has 0 radical (unpaired) electrons. The molecule has 4 aromatic rings. The molecule has 3 heterocycles. The highest BCUT2D eigenvalue weighted by molar-refractivity contribution is 9.10. The van der Waals surface area contributed by atoms with Crippen LogP contribution in [0.3, 0.4) is 0 Å². The minimum atomic E-state index is -0.341. The zero-order valence-corrected chi connectivity index (χ0v) is 23.6. The first-order valence-electron chi connectivity index (χ1n) is 13.9. The zero-order chi connectivity index (χ0) is 27.1.